The number of ether oxygens (including phenoxy) is 1. The lowest BCUT2D eigenvalue weighted by atomic mass is 10.0. The normalized spacial score (nSPS) is 35.8. The van der Waals surface area contributed by atoms with Gasteiger partial charge in [-0.05, 0) is 18.8 Å². The van der Waals surface area contributed by atoms with Gasteiger partial charge >= 0.3 is 5.97 Å². The molecule has 0 radical (unpaired) electrons. The Morgan fingerprint density at radius 1 is 1.38 bits per heavy atom. The van der Waals surface area contributed by atoms with Crippen LogP contribution in [-0.2, 0) is 9.53 Å². The molecule has 1 saturated carbocycles. The van der Waals surface area contributed by atoms with Crippen molar-refractivity contribution in [2.75, 3.05) is 0 Å². The highest BCUT2D eigenvalue weighted by molar-refractivity contribution is 5.71. The number of fused-ring (bicyclic) bond motifs is 2. The van der Waals surface area contributed by atoms with E-state index in [1.54, 1.807) is 0 Å². The van der Waals surface area contributed by atoms with Crippen LogP contribution >= 0.6 is 0 Å². The number of hydrogen-bond acceptors (Lipinski definition) is 2. The Morgan fingerprint density at radius 2 is 2.15 bits per heavy atom. The molecule has 0 aromatic rings. The van der Waals surface area contributed by atoms with E-state index in [0.717, 1.165) is 6.42 Å². The predicted octanol–water partition coefficient (Wildman–Crippen LogP) is 2.15. The first-order valence-electron chi connectivity index (χ1n) is 5.05. The highest BCUT2D eigenvalue weighted by Crippen LogP contribution is 2.40. The second kappa shape index (κ2) is 3.17. The zero-order chi connectivity index (χ0) is 9.42. The first-order chi connectivity index (χ1) is 6.16. The molecule has 0 spiro atoms. The highest BCUT2D eigenvalue weighted by Gasteiger charge is 2.38. The molecular weight excluding hydrogens is 164 g/mol. The van der Waals surface area contributed by atoms with E-state index in [2.05, 4.69) is 12.2 Å². The molecule has 2 heteroatoms. The maximum Gasteiger partial charge on any atom is 0.308 e. The maximum atomic E-state index is 11.3. The highest BCUT2D eigenvalue weighted by atomic mass is 16.5. The van der Waals surface area contributed by atoms with Crippen LogP contribution in [0.2, 0.25) is 0 Å². The number of carbonyl (C=O) groups is 1. The number of rotatable bonds is 2. The van der Waals surface area contributed by atoms with Crippen molar-refractivity contribution in [1.82, 2.24) is 0 Å². The molecule has 0 aliphatic heterocycles. The maximum absolute atomic E-state index is 11.3. The summed E-state index contributed by atoms with van der Waals surface area (Å²) >= 11 is 0. The van der Waals surface area contributed by atoms with Gasteiger partial charge in [-0.25, -0.2) is 0 Å². The van der Waals surface area contributed by atoms with Crippen molar-refractivity contribution in [2.45, 2.75) is 32.8 Å². The summed E-state index contributed by atoms with van der Waals surface area (Å²) in [6.45, 7) is 3.76. The molecule has 0 heterocycles. The van der Waals surface area contributed by atoms with Crippen molar-refractivity contribution in [3.05, 3.63) is 12.2 Å². The second-order valence-electron chi connectivity index (χ2n) is 4.41. The molecule has 3 unspecified atom stereocenters. The van der Waals surface area contributed by atoms with Crippen molar-refractivity contribution in [3.63, 3.8) is 0 Å². The SMILES string of the molecule is CC(C)C(=O)OC1CC2C=CC1C2. The van der Waals surface area contributed by atoms with Crippen LogP contribution < -0.4 is 0 Å². The van der Waals surface area contributed by atoms with Gasteiger partial charge in [-0.15, -0.1) is 0 Å². The third-order valence-corrected chi connectivity index (χ3v) is 2.96. The van der Waals surface area contributed by atoms with E-state index in [-0.39, 0.29) is 18.0 Å². The van der Waals surface area contributed by atoms with Crippen LogP contribution in [0.25, 0.3) is 0 Å². The fraction of sp³-hybridized carbons (Fsp3) is 0.727. The Hall–Kier alpha value is -0.790. The smallest absolute Gasteiger partial charge is 0.308 e. The summed E-state index contributed by atoms with van der Waals surface area (Å²) in [6, 6.07) is 0. The van der Waals surface area contributed by atoms with E-state index in [0.29, 0.717) is 11.8 Å². The molecule has 0 aromatic heterocycles. The molecule has 0 amide bonds. The molecule has 72 valence electrons. The fourth-order valence-electron chi connectivity index (χ4n) is 2.15. The average molecular weight is 180 g/mol. The Labute approximate surface area is 79.0 Å². The van der Waals surface area contributed by atoms with Gasteiger partial charge in [0, 0.05) is 5.92 Å². The number of carbonyl (C=O) groups excluding carboxylic acids is 1. The van der Waals surface area contributed by atoms with E-state index in [1.165, 1.54) is 6.42 Å². The van der Waals surface area contributed by atoms with E-state index in [4.69, 9.17) is 4.74 Å². The molecule has 3 atom stereocenters. The molecule has 0 saturated heterocycles. The van der Waals surface area contributed by atoms with Crippen LogP contribution in [0.3, 0.4) is 0 Å². The Morgan fingerprint density at radius 3 is 2.62 bits per heavy atom. The van der Waals surface area contributed by atoms with Gasteiger partial charge in [0.1, 0.15) is 6.10 Å². The van der Waals surface area contributed by atoms with Gasteiger partial charge in [0.25, 0.3) is 0 Å². The predicted molar refractivity (Wildman–Crippen MR) is 50.1 cm³/mol. The van der Waals surface area contributed by atoms with Crippen molar-refractivity contribution in [2.24, 2.45) is 17.8 Å². The fourth-order valence-corrected chi connectivity index (χ4v) is 2.15. The lowest BCUT2D eigenvalue weighted by molar-refractivity contribution is -0.154. The van der Waals surface area contributed by atoms with Crippen molar-refractivity contribution in [3.8, 4) is 0 Å². The van der Waals surface area contributed by atoms with Gasteiger partial charge in [-0.2, -0.15) is 0 Å². The average Bonchev–Trinajstić information content (AvgIpc) is 2.64. The first-order valence-corrected chi connectivity index (χ1v) is 5.05. The number of hydrogen-bond donors (Lipinski definition) is 0. The van der Waals surface area contributed by atoms with Gasteiger partial charge in [0.05, 0.1) is 5.92 Å². The van der Waals surface area contributed by atoms with Gasteiger partial charge in [-0.3, -0.25) is 4.79 Å². The molecule has 2 aliphatic rings. The third kappa shape index (κ3) is 1.62. The summed E-state index contributed by atoms with van der Waals surface area (Å²) < 4.78 is 5.42. The summed E-state index contributed by atoms with van der Waals surface area (Å²) in [4.78, 5) is 11.3. The minimum absolute atomic E-state index is 0.00288. The van der Waals surface area contributed by atoms with Crippen molar-refractivity contribution >= 4 is 5.97 Å². The zero-order valence-corrected chi connectivity index (χ0v) is 8.19. The second-order valence-corrected chi connectivity index (χ2v) is 4.41. The minimum atomic E-state index is -0.0500. The quantitative estimate of drug-likeness (QED) is 0.481. The van der Waals surface area contributed by atoms with E-state index in [1.807, 2.05) is 13.8 Å². The molecule has 1 fully saturated rings. The Bertz CT molecular complexity index is 242. The van der Waals surface area contributed by atoms with Crippen LogP contribution in [-0.4, -0.2) is 12.1 Å². The molecule has 2 rings (SSSR count). The summed E-state index contributed by atoms with van der Waals surface area (Å²) in [6.07, 6.45) is 6.86. The Balaban J connectivity index is 1.90. The van der Waals surface area contributed by atoms with E-state index in [9.17, 15) is 4.79 Å². The van der Waals surface area contributed by atoms with Crippen LogP contribution in [0.4, 0.5) is 0 Å². The van der Waals surface area contributed by atoms with Crippen LogP contribution in [0.1, 0.15) is 26.7 Å². The van der Waals surface area contributed by atoms with E-state index >= 15 is 0 Å². The Kier molecular flexibility index (Phi) is 2.14. The van der Waals surface area contributed by atoms with Crippen molar-refractivity contribution in [1.29, 1.82) is 0 Å². The zero-order valence-electron chi connectivity index (χ0n) is 8.19. The molecule has 2 bridgehead atoms. The lowest BCUT2D eigenvalue weighted by Crippen LogP contribution is -2.24. The third-order valence-electron chi connectivity index (χ3n) is 2.96. The van der Waals surface area contributed by atoms with Crippen LogP contribution in [0.15, 0.2) is 12.2 Å². The van der Waals surface area contributed by atoms with Gasteiger partial charge in [-0.1, -0.05) is 26.0 Å². The number of esters is 1. The summed E-state index contributed by atoms with van der Waals surface area (Å²) in [5.41, 5.74) is 0. The minimum Gasteiger partial charge on any atom is -0.462 e. The van der Waals surface area contributed by atoms with Gasteiger partial charge < -0.3 is 4.74 Å². The molecular formula is C11H16O2. The summed E-state index contributed by atoms with van der Waals surface area (Å²) in [5.74, 6) is 1.14. The molecule has 0 aromatic carbocycles. The standard InChI is InChI=1S/C11H16O2/c1-7(2)11(12)13-10-6-8-3-4-9(10)5-8/h3-4,7-10H,5-6H2,1-2H3. The van der Waals surface area contributed by atoms with Gasteiger partial charge in [0.2, 0.25) is 0 Å². The molecule has 0 N–H and O–H groups in total. The molecule has 2 aliphatic carbocycles. The van der Waals surface area contributed by atoms with E-state index < -0.39 is 0 Å². The topological polar surface area (TPSA) is 26.3 Å². The van der Waals surface area contributed by atoms with Gasteiger partial charge in [0.15, 0.2) is 0 Å². The summed E-state index contributed by atoms with van der Waals surface area (Å²) in [5, 5.41) is 0. The van der Waals surface area contributed by atoms with Crippen LogP contribution in [0.5, 0.6) is 0 Å². The largest absolute Gasteiger partial charge is 0.462 e. The van der Waals surface area contributed by atoms with Crippen LogP contribution in [0, 0.1) is 17.8 Å². The molecule has 13 heavy (non-hydrogen) atoms. The molecule has 2 nitrogen and oxygen atoms in total. The number of allylic oxidation sites excluding steroid dienone is 1. The van der Waals surface area contributed by atoms with Crippen molar-refractivity contribution < 1.29 is 9.53 Å². The summed E-state index contributed by atoms with van der Waals surface area (Å²) in [7, 11) is 0. The monoisotopic (exact) mass is 180 g/mol. The first kappa shape index (κ1) is 8.79. The lowest BCUT2D eigenvalue weighted by Gasteiger charge is -2.19.